The number of non-ortho nitro benzene ring substituents is 1. The SMILES string of the molecule is CCOC(=O)c1c(NC(=O)CSc2n[nH]c([C@@H](NC(=O)c3cccc([N+](=O)[O-])c3)C(C)C)n2)sc(C(C)=O)c1C. The maximum atomic E-state index is 12.8. The Kier molecular flexibility index (Phi) is 10.1. The molecule has 1 aromatic carbocycles. The number of nitrogens with zero attached hydrogens (tertiary/aromatic N) is 3. The molecular weight excluding hydrogens is 560 g/mol. The van der Waals surface area contributed by atoms with E-state index in [1.807, 2.05) is 13.8 Å². The van der Waals surface area contributed by atoms with Crippen molar-refractivity contribution >= 4 is 57.4 Å². The number of Topliss-reactive ketones (excluding diaryl/α,β-unsaturated/α-hetero) is 1. The number of carbonyl (C=O) groups is 4. The number of thioether (sulfide) groups is 1. The van der Waals surface area contributed by atoms with Gasteiger partial charge in [0.1, 0.15) is 10.8 Å². The van der Waals surface area contributed by atoms with Gasteiger partial charge in [0.15, 0.2) is 5.78 Å². The first-order chi connectivity index (χ1) is 18.9. The van der Waals surface area contributed by atoms with Crippen LogP contribution in [0.25, 0.3) is 0 Å². The van der Waals surface area contributed by atoms with E-state index in [-0.39, 0.29) is 51.0 Å². The predicted octanol–water partition coefficient (Wildman–Crippen LogP) is 4.32. The number of rotatable bonds is 12. The zero-order valence-corrected chi connectivity index (χ0v) is 24.0. The number of hydrogen-bond donors (Lipinski definition) is 3. The summed E-state index contributed by atoms with van der Waals surface area (Å²) in [7, 11) is 0. The van der Waals surface area contributed by atoms with Crippen LogP contribution in [0.4, 0.5) is 10.7 Å². The van der Waals surface area contributed by atoms with Crippen LogP contribution in [0.1, 0.15) is 75.5 Å². The molecule has 0 fully saturated rings. The zero-order valence-electron chi connectivity index (χ0n) is 22.4. The van der Waals surface area contributed by atoms with E-state index in [1.165, 1.54) is 31.2 Å². The van der Waals surface area contributed by atoms with E-state index < -0.39 is 28.7 Å². The van der Waals surface area contributed by atoms with E-state index >= 15 is 0 Å². The van der Waals surface area contributed by atoms with Crippen LogP contribution in [-0.4, -0.2) is 56.0 Å². The van der Waals surface area contributed by atoms with E-state index in [9.17, 15) is 29.3 Å². The number of benzene rings is 1. The highest BCUT2D eigenvalue weighted by atomic mass is 32.2. The number of ketones is 1. The minimum absolute atomic E-state index is 0.0989. The Morgan fingerprint density at radius 2 is 1.98 bits per heavy atom. The molecule has 2 aromatic heterocycles. The summed E-state index contributed by atoms with van der Waals surface area (Å²) >= 11 is 2.04. The van der Waals surface area contributed by atoms with Crippen molar-refractivity contribution in [2.45, 2.75) is 45.8 Å². The number of nitro benzene ring substituents is 1. The standard InChI is InChI=1S/C25H28N6O7S2/c1-6-38-24(35)18-13(4)20(14(5)32)40-23(18)26-17(33)11-39-25-28-21(29-30-25)19(12(2)3)27-22(34)15-8-7-9-16(10-15)31(36)37/h7-10,12,19H,6,11H2,1-5H3,(H,26,33)(H,27,34)(H,28,29,30)/t19-/m0/s1. The normalized spacial score (nSPS) is 11.7. The number of aromatic nitrogens is 3. The number of anilines is 1. The molecule has 0 saturated heterocycles. The Balaban J connectivity index is 1.68. The monoisotopic (exact) mass is 588 g/mol. The maximum absolute atomic E-state index is 12.8. The molecule has 0 aliphatic rings. The third-order valence-electron chi connectivity index (χ3n) is 5.58. The molecule has 0 unspecified atom stereocenters. The summed E-state index contributed by atoms with van der Waals surface area (Å²) in [6, 6.07) is 4.80. The van der Waals surface area contributed by atoms with Crippen LogP contribution in [0, 0.1) is 23.0 Å². The lowest BCUT2D eigenvalue weighted by atomic mass is 10.0. The summed E-state index contributed by atoms with van der Waals surface area (Å²) in [5.41, 5.74) is 0.527. The van der Waals surface area contributed by atoms with Crippen molar-refractivity contribution < 1.29 is 28.8 Å². The molecule has 3 rings (SSSR count). The highest BCUT2D eigenvalue weighted by molar-refractivity contribution is 7.99. The minimum atomic E-state index is -0.628. The van der Waals surface area contributed by atoms with Crippen molar-refractivity contribution in [3.8, 4) is 0 Å². The molecule has 3 N–H and O–H groups in total. The van der Waals surface area contributed by atoms with Gasteiger partial charge in [-0.1, -0.05) is 31.7 Å². The van der Waals surface area contributed by atoms with Gasteiger partial charge in [-0.15, -0.1) is 16.4 Å². The number of thiophene rings is 1. The van der Waals surface area contributed by atoms with Gasteiger partial charge in [-0.05, 0) is 38.3 Å². The molecule has 212 valence electrons. The second-order valence-electron chi connectivity index (χ2n) is 8.88. The van der Waals surface area contributed by atoms with E-state index in [0.29, 0.717) is 16.3 Å². The number of amides is 2. The lowest BCUT2D eigenvalue weighted by Gasteiger charge is -2.19. The van der Waals surface area contributed by atoms with Crippen molar-refractivity contribution in [1.29, 1.82) is 0 Å². The molecule has 0 saturated carbocycles. The molecule has 15 heteroatoms. The van der Waals surface area contributed by atoms with Crippen LogP contribution >= 0.6 is 23.1 Å². The maximum Gasteiger partial charge on any atom is 0.341 e. The number of aromatic amines is 1. The van der Waals surface area contributed by atoms with E-state index in [0.717, 1.165) is 23.1 Å². The predicted molar refractivity (Wildman–Crippen MR) is 149 cm³/mol. The van der Waals surface area contributed by atoms with E-state index in [4.69, 9.17) is 4.74 Å². The van der Waals surface area contributed by atoms with Gasteiger partial charge in [-0.2, -0.15) is 0 Å². The average molecular weight is 589 g/mol. The van der Waals surface area contributed by atoms with Crippen LogP contribution in [0.3, 0.4) is 0 Å². The molecule has 40 heavy (non-hydrogen) atoms. The van der Waals surface area contributed by atoms with Gasteiger partial charge >= 0.3 is 5.97 Å². The number of H-pyrrole nitrogens is 1. The topological polar surface area (TPSA) is 186 Å². The van der Waals surface area contributed by atoms with Crippen LogP contribution in [0.5, 0.6) is 0 Å². The van der Waals surface area contributed by atoms with Crippen molar-refractivity contribution in [2.24, 2.45) is 5.92 Å². The lowest BCUT2D eigenvalue weighted by Crippen LogP contribution is -2.32. The molecule has 3 aromatic rings. The quantitative estimate of drug-likeness (QED) is 0.0904. The number of nitro groups is 1. The molecule has 0 radical (unpaired) electrons. The van der Waals surface area contributed by atoms with Crippen LogP contribution in [0.15, 0.2) is 29.4 Å². The van der Waals surface area contributed by atoms with Crippen LogP contribution in [-0.2, 0) is 9.53 Å². The number of ether oxygens (including phenoxy) is 1. The van der Waals surface area contributed by atoms with Crippen molar-refractivity contribution in [1.82, 2.24) is 20.5 Å². The van der Waals surface area contributed by atoms with Gasteiger partial charge in [0, 0.05) is 17.7 Å². The summed E-state index contributed by atoms with van der Waals surface area (Å²) in [6.45, 7) is 8.54. The lowest BCUT2D eigenvalue weighted by molar-refractivity contribution is -0.384. The van der Waals surface area contributed by atoms with Crippen molar-refractivity contribution in [3.63, 3.8) is 0 Å². The first kappa shape index (κ1) is 30.4. The smallest absolute Gasteiger partial charge is 0.341 e. The van der Waals surface area contributed by atoms with Gasteiger partial charge in [0.05, 0.1) is 33.8 Å². The zero-order chi connectivity index (χ0) is 29.6. The van der Waals surface area contributed by atoms with Crippen LogP contribution in [0.2, 0.25) is 0 Å². The highest BCUT2D eigenvalue weighted by Gasteiger charge is 2.26. The fraction of sp³-hybridized carbons (Fsp3) is 0.360. The Morgan fingerprint density at radius 3 is 2.60 bits per heavy atom. The molecule has 0 bridgehead atoms. The summed E-state index contributed by atoms with van der Waals surface area (Å²) in [5.74, 6) is -1.68. The second-order valence-corrected chi connectivity index (χ2v) is 10.8. The Labute approximate surface area is 237 Å². The van der Waals surface area contributed by atoms with Gasteiger partial charge in [-0.25, -0.2) is 9.78 Å². The Hall–Kier alpha value is -4.11. The molecule has 0 aliphatic heterocycles. The van der Waals surface area contributed by atoms with Gasteiger partial charge in [0.25, 0.3) is 11.6 Å². The fourth-order valence-electron chi connectivity index (χ4n) is 3.68. The number of esters is 1. The first-order valence-corrected chi connectivity index (χ1v) is 13.9. The summed E-state index contributed by atoms with van der Waals surface area (Å²) in [5, 5.41) is 23.9. The molecule has 0 aliphatic carbocycles. The molecule has 0 spiro atoms. The second kappa shape index (κ2) is 13.3. The summed E-state index contributed by atoms with van der Waals surface area (Å²) in [4.78, 5) is 65.1. The molecule has 1 atom stereocenters. The minimum Gasteiger partial charge on any atom is -0.462 e. The van der Waals surface area contributed by atoms with Crippen LogP contribution < -0.4 is 10.6 Å². The third kappa shape index (κ3) is 7.30. The van der Waals surface area contributed by atoms with Crippen molar-refractivity contribution in [2.75, 3.05) is 17.7 Å². The molecular formula is C25H28N6O7S2. The Bertz CT molecular complexity index is 1450. The summed E-state index contributed by atoms with van der Waals surface area (Å²) < 4.78 is 5.09. The molecule has 2 amide bonds. The molecule has 2 heterocycles. The van der Waals surface area contributed by atoms with Gasteiger partial charge < -0.3 is 15.4 Å². The van der Waals surface area contributed by atoms with E-state index in [2.05, 4.69) is 25.8 Å². The third-order valence-corrected chi connectivity index (χ3v) is 7.74. The molecule has 13 nitrogen and oxygen atoms in total. The largest absolute Gasteiger partial charge is 0.462 e. The first-order valence-electron chi connectivity index (χ1n) is 12.1. The van der Waals surface area contributed by atoms with Gasteiger partial charge in [-0.3, -0.25) is 29.6 Å². The number of carbonyl (C=O) groups excluding carboxylic acids is 4. The van der Waals surface area contributed by atoms with Gasteiger partial charge in [0.2, 0.25) is 11.1 Å². The fourth-order valence-corrected chi connectivity index (χ4v) is 5.39. The van der Waals surface area contributed by atoms with E-state index in [1.54, 1.807) is 13.8 Å². The number of nitrogens with one attached hydrogen (secondary N) is 3. The number of hydrogen-bond acceptors (Lipinski definition) is 11. The average Bonchev–Trinajstić information content (AvgIpc) is 3.50. The van der Waals surface area contributed by atoms with Crippen molar-refractivity contribution in [3.05, 3.63) is 61.8 Å². The highest BCUT2D eigenvalue weighted by Crippen LogP contribution is 2.34. The Morgan fingerprint density at radius 1 is 1.25 bits per heavy atom. The summed E-state index contributed by atoms with van der Waals surface area (Å²) in [6.07, 6.45) is 0.